The standard InChI is InChI=1S/C9H17N/c1-10-8-9(10)6-4-2-3-5-7-9/h2-8H2,1H3. The summed E-state index contributed by atoms with van der Waals surface area (Å²) in [5.74, 6) is 0. The summed E-state index contributed by atoms with van der Waals surface area (Å²) < 4.78 is 0. The highest BCUT2D eigenvalue weighted by Gasteiger charge is 2.47. The number of likely N-dealkylation sites (N-methyl/N-ethyl adjacent to an activating group) is 1. The van der Waals surface area contributed by atoms with Crippen molar-refractivity contribution < 1.29 is 0 Å². The molecule has 0 N–H and O–H groups in total. The Kier molecular flexibility index (Phi) is 1.48. The number of rotatable bonds is 0. The minimum Gasteiger partial charge on any atom is -0.298 e. The molecular formula is C9H17N. The largest absolute Gasteiger partial charge is 0.298 e. The van der Waals surface area contributed by atoms with Crippen LogP contribution in [0, 0.1) is 0 Å². The van der Waals surface area contributed by atoms with Crippen LogP contribution in [0.4, 0.5) is 0 Å². The molecule has 10 heavy (non-hydrogen) atoms. The summed E-state index contributed by atoms with van der Waals surface area (Å²) in [6.45, 7) is 1.38. The van der Waals surface area contributed by atoms with Crippen LogP contribution in [0.1, 0.15) is 38.5 Å². The molecule has 0 amide bonds. The van der Waals surface area contributed by atoms with E-state index in [1.165, 1.54) is 45.1 Å². The van der Waals surface area contributed by atoms with Crippen LogP contribution in [0.15, 0.2) is 0 Å². The molecule has 1 spiro atoms. The molecule has 0 aromatic carbocycles. The van der Waals surface area contributed by atoms with Gasteiger partial charge in [-0.15, -0.1) is 0 Å². The first-order valence-corrected chi connectivity index (χ1v) is 4.55. The molecule has 0 bridgehead atoms. The highest BCUT2D eigenvalue weighted by Crippen LogP contribution is 2.42. The lowest BCUT2D eigenvalue weighted by Crippen LogP contribution is -2.14. The zero-order valence-electron chi connectivity index (χ0n) is 6.90. The van der Waals surface area contributed by atoms with Gasteiger partial charge in [0.25, 0.3) is 0 Å². The van der Waals surface area contributed by atoms with Crippen LogP contribution >= 0.6 is 0 Å². The predicted octanol–water partition coefficient (Wildman–Crippen LogP) is 2.02. The lowest BCUT2D eigenvalue weighted by molar-refractivity contribution is 0.415. The monoisotopic (exact) mass is 139 g/mol. The van der Waals surface area contributed by atoms with E-state index in [1.807, 2.05) is 0 Å². The van der Waals surface area contributed by atoms with Crippen molar-refractivity contribution in [1.82, 2.24) is 4.90 Å². The lowest BCUT2D eigenvalue weighted by atomic mass is 10.0. The second kappa shape index (κ2) is 2.23. The van der Waals surface area contributed by atoms with E-state index in [4.69, 9.17) is 0 Å². The summed E-state index contributed by atoms with van der Waals surface area (Å²) >= 11 is 0. The Labute approximate surface area is 63.4 Å². The van der Waals surface area contributed by atoms with E-state index in [0.29, 0.717) is 5.54 Å². The summed E-state index contributed by atoms with van der Waals surface area (Å²) in [7, 11) is 2.27. The third-order valence-corrected chi connectivity index (χ3v) is 3.27. The minimum absolute atomic E-state index is 0.705. The van der Waals surface area contributed by atoms with Gasteiger partial charge in [-0.25, -0.2) is 0 Å². The molecule has 1 nitrogen and oxygen atoms in total. The average molecular weight is 139 g/mol. The van der Waals surface area contributed by atoms with Gasteiger partial charge in [0.1, 0.15) is 0 Å². The molecule has 2 rings (SSSR count). The van der Waals surface area contributed by atoms with Crippen LogP contribution in [0.25, 0.3) is 0 Å². The lowest BCUT2D eigenvalue weighted by Gasteiger charge is -2.10. The van der Waals surface area contributed by atoms with Crippen LogP contribution in [-0.4, -0.2) is 24.0 Å². The Balaban J connectivity index is 1.95. The van der Waals surface area contributed by atoms with E-state index in [2.05, 4.69) is 11.9 Å². The summed E-state index contributed by atoms with van der Waals surface area (Å²) in [4.78, 5) is 2.53. The summed E-state index contributed by atoms with van der Waals surface area (Å²) in [5.41, 5.74) is 0.705. The average Bonchev–Trinajstić information content (AvgIpc) is 2.60. The minimum atomic E-state index is 0.705. The maximum atomic E-state index is 2.53. The van der Waals surface area contributed by atoms with E-state index in [0.717, 1.165) is 0 Å². The van der Waals surface area contributed by atoms with Crippen molar-refractivity contribution in [3.63, 3.8) is 0 Å². The molecule has 1 saturated heterocycles. The van der Waals surface area contributed by atoms with Gasteiger partial charge in [0.15, 0.2) is 0 Å². The Hall–Kier alpha value is -0.0400. The topological polar surface area (TPSA) is 3.01 Å². The Morgan fingerprint density at radius 1 is 1.00 bits per heavy atom. The van der Waals surface area contributed by atoms with Gasteiger partial charge in [0.2, 0.25) is 0 Å². The van der Waals surface area contributed by atoms with Gasteiger partial charge in [-0.1, -0.05) is 25.7 Å². The Morgan fingerprint density at radius 3 is 1.90 bits per heavy atom. The third-order valence-electron chi connectivity index (χ3n) is 3.27. The smallest absolute Gasteiger partial charge is 0.0334 e. The molecule has 1 atom stereocenters. The fourth-order valence-electron chi connectivity index (χ4n) is 2.33. The van der Waals surface area contributed by atoms with Crippen LogP contribution < -0.4 is 0 Å². The Bertz CT molecular complexity index is 123. The normalized spacial score (nSPS) is 37.5. The fraction of sp³-hybridized carbons (Fsp3) is 1.00. The van der Waals surface area contributed by atoms with Crippen molar-refractivity contribution in [2.24, 2.45) is 0 Å². The number of hydrogen-bond acceptors (Lipinski definition) is 1. The van der Waals surface area contributed by atoms with Crippen LogP contribution in [-0.2, 0) is 0 Å². The van der Waals surface area contributed by atoms with E-state index >= 15 is 0 Å². The van der Waals surface area contributed by atoms with Gasteiger partial charge >= 0.3 is 0 Å². The molecule has 1 unspecified atom stereocenters. The maximum Gasteiger partial charge on any atom is 0.0334 e. The van der Waals surface area contributed by atoms with Gasteiger partial charge in [-0.2, -0.15) is 0 Å². The van der Waals surface area contributed by atoms with Gasteiger partial charge in [0, 0.05) is 12.1 Å². The molecule has 0 radical (unpaired) electrons. The SMILES string of the molecule is CN1CC12CCCCCC2. The van der Waals surface area contributed by atoms with Gasteiger partial charge in [0.05, 0.1) is 0 Å². The first kappa shape index (κ1) is 6.66. The van der Waals surface area contributed by atoms with Crippen molar-refractivity contribution in [2.75, 3.05) is 13.6 Å². The quantitative estimate of drug-likeness (QED) is 0.464. The summed E-state index contributed by atoms with van der Waals surface area (Å²) in [6.07, 6.45) is 8.87. The maximum absolute atomic E-state index is 2.53. The second-order valence-electron chi connectivity index (χ2n) is 3.99. The number of nitrogens with zero attached hydrogens (tertiary/aromatic N) is 1. The summed E-state index contributed by atoms with van der Waals surface area (Å²) in [5, 5.41) is 0. The van der Waals surface area contributed by atoms with Crippen molar-refractivity contribution in [3.05, 3.63) is 0 Å². The highest BCUT2D eigenvalue weighted by atomic mass is 15.3. The highest BCUT2D eigenvalue weighted by molar-refractivity contribution is 5.05. The van der Waals surface area contributed by atoms with Crippen molar-refractivity contribution >= 4 is 0 Å². The molecule has 1 heterocycles. The molecule has 2 aliphatic rings. The molecule has 1 aliphatic carbocycles. The van der Waals surface area contributed by atoms with E-state index in [-0.39, 0.29) is 0 Å². The number of hydrogen-bond donors (Lipinski definition) is 0. The van der Waals surface area contributed by atoms with Crippen LogP contribution in [0.3, 0.4) is 0 Å². The van der Waals surface area contributed by atoms with E-state index in [9.17, 15) is 0 Å². The van der Waals surface area contributed by atoms with Crippen LogP contribution in [0.2, 0.25) is 0 Å². The van der Waals surface area contributed by atoms with Crippen molar-refractivity contribution in [3.8, 4) is 0 Å². The molecule has 0 aromatic rings. The zero-order valence-corrected chi connectivity index (χ0v) is 6.90. The third kappa shape index (κ3) is 0.968. The van der Waals surface area contributed by atoms with E-state index < -0.39 is 0 Å². The molecular weight excluding hydrogens is 122 g/mol. The van der Waals surface area contributed by atoms with E-state index in [1.54, 1.807) is 0 Å². The van der Waals surface area contributed by atoms with Gasteiger partial charge in [-0.3, -0.25) is 4.90 Å². The van der Waals surface area contributed by atoms with Crippen molar-refractivity contribution in [1.29, 1.82) is 0 Å². The summed E-state index contributed by atoms with van der Waals surface area (Å²) in [6, 6.07) is 0. The molecule has 1 heteroatoms. The molecule has 0 aromatic heterocycles. The predicted molar refractivity (Wildman–Crippen MR) is 43.1 cm³/mol. The fourth-order valence-corrected chi connectivity index (χ4v) is 2.33. The molecule has 1 saturated carbocycles. The molecule has 2 fully saturated rings. The Morgan fingerprint density at radius 2 is 1.50 bits per heavy atom. The first-order valence-electron chi connectivity index (χ1n) is 4.55. The van der Waals surface area contributed by atoms with Crippen molar-refractivity contribution in [2.45, 2.75) is 44.1 Å². The molecule has 1 aliphatic heterocycles. The zero-order chi connectivity index (χ0) is 7.03. The first-order chi connectivity index (χ1) is 4.83. The second-order valence-corrected chi connectivity index (χ2v) is 3.99. The van der Waals surface area contributed by atoms with Gasteiger partial charge < -0.3 is 0 Å². The van der Waals surface area contributed by atoms with Gasteiger partial charge in [-0.05, 0) is 19.9 Å². The molecule has 58 valence electrons. The van der Waals surface area contributed by atoms with Crippen LogP contribution in [0.5, 0.6) is 0 Å².